The first kappa shape index (κ1) is 21.2. The molecule has 0 bridgehead atoms. The van der Waals surface area contributed by atoms with Gasteiger partial charge in [-0.25, -0.2) is 13.2 Å². The van der Waals surface area contributed by atoms with E-state index in [1.807, 2.05) is 0 Å². The van der Waals surface area contributed by atoms with Gasteiger partial charge in [-0.05, 0) is 42.5 Å². The van der Waals surface area contributed by atoms with Crippen molar-refractivity contribution in [2.45, 2.75) is 10.9 Å². The number of rotatable bonds is 8. The van der Waals surface area contributed by atoms with Gasteiger partial charge in [-0.1, -0.05) is 6.07 Å². The highest BCUT2D eigenvalue weighted by molar-refractivity contribution is 7.92. The number of ether oxygens (including phenoxy) is 2. The van der Waals surface area contributed by atoms with E-state index in [0.29, 0.717) is 11.4 Å². The summed E-state index contributed by atoms with van der Waals surface area (Å²) in [5.74, 6) is -0.975. The summed E-state index contributed by atoms with van der Waals surface area (Å²) in [6.45, 7) is -0.657. The summed E-state index contributed by atoms with van der Waals surface area (Å²) in [6.07, 6.45) is 0. The van der Waals surface area contributed by atoms with Crippen LogP contribution in [0.25, 0.3) is 0 Å². The maximum atomic E-state index is 12.6. The molecule has 150 valence electrons. The minimum absolute atomic E-state index is 0.0000380. The standard InChI is InChI=1S/C18H20N2O7S/c1-26-14-8-6-13(7-9-14)20-28(24,25)15-5-3-4-12(10-15)17(22)19-16(11-21)18(23)27-2/h3-10,16,20-21H,11H2,1-2H3,(H,19,22)/t16-/m0/s1. The number of amides is 1. The third-order valence-electron chi connectivity index (χ3n) is 3.72. The molecule has 0 aliphatic carbocycles. The van der Waals surface area contributed by atoms with Crippen LogP contribution in [-0.2, 0) is 19.6 Å². The highest BCUT2D eigenvalue weighted by Crippen LogP contribution is 2.20. The van der Waals surface area contributed by atoms with Gasteiger partial charge < -0.3 is 19.9 Å². The van der Waals surface area contributed by atoms with Gasteiger partial charge in [0.05, 0.1) is 25.7 Å². The van der Waals surface area contributed by atoms with Gasteiger partial charge in [0.25, 0.3) is 15.9 Å². The number of carbonyl (C=O) groups is 2. The van der Waals surface area contributed by atoms with Gasteiger partial charge in [0.2, 0.25) is 0 Å². The Bertz CT molecular complexity index is 943. The Morgan fingerprint density at radius 3 is 2.36 bits per heavy atom. The minimum atomic E-state index is -3.96. The van der Waals surface area contributed by atoms with Crippen molar-refractivity contribution in [3.8, 4) is 5.75 Å². The Balaban J connectivity index is 2.20. The van der Waals surface area contributed by atoms with Crippen molar-refractivity contribution < 1.29 is 32.6 Å². The molecule has 0 saturated heterocycles. The molecule has 0 aliphatic rings. The number of aliphatic hydroxyl groups excluding tert-OH is 1. The second-order valence-corrected chi connectivity index (χ2v) is 7.28. The van der Waals surface area contributed by atoms with E-state index in [9.17, 15) is 23.1 Å². The molecular formula is C18H20N2O7S. The van der Waals surface area contributed by atoms with Crippen LogP contribution < -0.4 is 14.8 Å². The molecule has 2 aromatic rings. The van der Waals surface area contributed by atoms with Gasteiger partial charge in [0.1, 0.15) is 5.75 Å². The Kier molecular flexibility index (Phi) is 6.96. The Hall–Kier alpha value is -3.11. The number of carbonyl (C=O) groups excluding carboxylic acids is 2. The van der Waals surface area contributed by atoms with E-state index in [0.717, 1.165) is 13.2 Å². The summed E-state index contributed by atoms with van der Waals surface area (Å²) in [6, 6.07) is 10.3. The predicted octanol–water partition coefficient (Wildman–Crippen LogP) is 0.760. The van der Waals surface area contributed by atoms with Crippen molar-refractivity contribution in [2.75, 3.05) is 25.5 Å². The second kappa shape index (κ2) is 9.20. The number of methoxy groups -OCH3 is 2. The van der Waals surface area contributed by atoms with Crippen LogP contribution in [0, 0.1) is 0 Å². The fraction of sp³-hybridized carbons (Fsp3) is 0.222. The molecule has 9 nitrogen and oxygen atoms in total. The molecule has 0 fully saturated rings. The molecule has 0 heterocycles. The van der Waals surface area contributed by atoms with Crippen molar-refractivity contribution in [1.82, 2.24) is 5.32 Å². The smallest absolute Gasteiger partial charge is 0.330 e. The van der Waals surface area contributed by atoms with E-state index in [1.165, 1.54) is 37.4 Å². The summed E-state index contributed by atoms with van der Waals surface area (Å²) in [5, 5.41) is 11.5. The molecule has 0 saturated carbocycles. The molecule has 0 radical (unpaired) electrons. The van der Waals surface area contributed by atoms with Gasteiger partial charge in [-0.3, -0.25) is 9.52 Å². The van der Waals surface area contributed by atoms with Crippen LogP contribution in [-0.4, -0.2) is 52.3 Å². The number of benzene rings is 2. The summed E-state index contributed by atoms with van der Waals surface area (Å²) in [4.78, 5) is 23.6. The van der Waals surface area contributed by atoms with Crippen LogP contribution in [0.3, 0.4) is 0 Å². The molecule has 0 aliphatic heterocycles. The quantitative estimate of drug-likeness (QED) is 0.550. The fourth-order valence-electron chi connectivity index (χ4n) is 2.24. The highest BCUT2D eigenvalue weighted by atomic mass is 32.2. The van der Waals surface area contributed by atoms with E-state index in [4.69, 9.17) is 4.74 Å². The number of nitrogens with one attached hydrogen (secondary N) is 2. The zero-order chi connectivity index (χ0) is 20.7. The van der Waals surface area contributed by atoms with Gasteiger partial charge in [-0.2, -0.15) is 0 Å². The summed E-state index contributed by atoms with van der Waals surface area (Å²) >= 11 is 0. The minimum Gasteiger partial charge on any atom is -0.497 e. The summed E-state index contributed by atoms with van der Waals surface area (Å²) < 4.78 is 37.0. The summed E-state index contributed by atoms with van der Waals surface area (Å²) in [7, 11) is -1.34. The number of hydrogen-bond donors (Lipinski definition) is 3. The third-order valence-corrected chi connectivity index (χ3v) is 5.10. The lowest BCUT2D eigenvalue weighted by Gasteiger charge is -2.14. The van der Waals surface area contributed by atoms with Crippen LogP contribution >= 0.6 is 0 Å². The highest BCUT2D eigenvalue weighted by Gasteiger charge is 2.22. The van der Waals surface area contributed by atoms with Crippen molar-refractivity contribution >= 4 is 27.6 Å². The number of anilines is 1. The fourth-order valence-corrected chi connectivity index (χ4v) is 3.34. The first-order valence-electron chi connectivity index (χ1n) is 8.07. The second-order valence-electron chi connectivity index (χ2n) is 5.59. The normalized spacial score (nSPS) is 12.0. The third kappa shape index (κ3) is 5.21. The van der Waals surface area contributed by atoms with Gasteiger partial charge in [-0.15, -0.1) is 0 Å². The topological polar surface area (TPSA) is 131 Å². The van der Waals surface area contributed by atoms with E-state index in [-0.39, 0.29) is 10.5 Å². The molecule has 1 amide bonds. The van der Waals surface area contributed by atoms with Crippen LogP contribution in [0.15, 0.2) is 53.4 Å². The first-order chi connectivity index (χ1) is 13.3. The van der Waals surface area contributed by atoms with E-state index < -0.39 is 34.5 Å². The predicted molar refractivity (Wildman–Crippen MR) is 101 cm³/mol. The summed E-state index contributed by atoms with van der Waals surface area (Å²) in [5.41, 5.74) is 0.321. The van der Waals surface area contributed by atoms with Gasteiger partial charge in [0, 0.05) is 11.3 Å². The molecule has 2 aromatic carbocycles. The molecule has 28 heavy (non-hydrogen) atoms. The van der Waals surface area contributed by atoms with Crippen LogP contribution in [0.5, 0.6) is 5.75 Å². The zero-order valence-electron chi connectivity index (χ0n) is 15.2. The van der Waals surface area contributed by atoms with E-state index >= 15 is 0 Å². The van der Waals surface area contributed by atoms with Crippen LogP contribution in [0.1, 0.15) is 10.4 Å². The van der Waals surface area contributed by atoms with E-state index in [2.05, 4.69) is 14.8 Å². The zero-order valence-corrected chi connectivity index (χ0v) is 16.0. The van der Waals surface area contributed by atoms with Crippen molar-refractivity contribution in [3.05, 3.63) is 54.1 Å². The van der Waals surface area contributed by atoms with Crippen LogP contribution in [0.2, 0.25) is 0 Å². The molecule has 0 spiro atoms. The average Bonchev–Trinajstić information content (AvgIpc) is 2.71. The maximum absolute atomic E-state index is 12.6. The van der Waals surface area contributed by atoms with Crippen molar-refractivity contribution in [3.63, 3.8) is 0 Å². The first-order valence-corrected chi connectivity index (χ1v) is 9.55. The molecule has 3 N–H and O–H groups in total. The molecule has 1 atom stereocenters. The Morgan fingerprint density at radius 2 is 1.79 bits per heavy atom. The van der Waals surface area contributed by atoms with Gasteiger partial charge in [0.15, 0.2) is 6.04 Å². The van der Waals surface area contributed by atoms with Crippen LogP contribution in [0.4, 0.5) is 5.69 Å². The van der Waals surface area contributed by atoms with Gasteiger partial charge >= 0.3 is 5.97 Å². The molecular weight excluding hydrogens is 388 g/mol. The Morgan fingerprint density at radius 1 is 1.11 bits per heavy atom. The number of sulfonamides is 1. The molecule has 10 heteroatoms. The lowest BCUT2D eigenvalue weighted by molar-refractivity contribution is -0.143. The molecule has 0 unspecified atom stereocenters. The largest absolute Gasteiger partial charge is 0.497 e. The Labute approximate surface area is 162 Å². The lowest BCUT2D eigenvalue weighted by Crippen LogP contribution is -2.44. The number of aliphatic hydroxyl groups is 1. The SMILES string of the molecule is COC(=O)[C@H](CO)NC(=O)c1cccc(S(=O)(=O)Nc2ccc(OC)cc2)c1. The van der Waals surface area contributed by atoms with E-state index in [1.54, 1.807) is 12.1 Å². The number of esters is 1. The lowest BCUT2D eigenvalue weighted by atomic mass is 10.2. The van der Waals surface area contributed by atoms with Crippen molar-refractivity contribution in [1.29, 1.82) is 0 Å². The molecule has 0 aromatic heterocycles. The van der Waals surface area contributed by atoms with Crippen molar-refractivity contribution in [2.24, 2.45) is 0 Å². The number of hydrogen-bond acceptors (Lipinski definition) is 7. The average molecular weight is 408 g/mol. The molecule has 2 rings (SSSR count). The monoisotopic (exact) mass is 408 g/mol. The maximum Gasteiger partial charge on any atom is 0.330 e.